The van der Waals surface area contributed by atoms with E-state index in [0.29, 0.717) is 0 Å². The number of aromatic nitrogens is 4. The third kappa shape index (κ3) is 1.83. The van der Waals surface area contributed by atoms with E-state index in [1.165, 1.54) is 9.36 Å². The molecule has 13 heteroatoms. The molecular weight excluding hydrogens is 500 g/mol. The second kappa shape index (κ2) is 4.50. The number of nitrogens with zero attached hydrogens (tertiary/aromatic N) is 6. The molecule has 0 radical (unpaired) electrons. The first kappa shape index (κ1) is 13.5. The second-order valence-electron chi connectivity index (χ2n) is 3.76. The standard InChI is InChI=1S/C7H3I2N7O4/c8-4-2(15(17)18)6-10-7-3(16(19)20)5(9)12-14(7)1-13(6)11-4/h10H,1H2. The van der Waals surface area contributed by atoms with E-state index < -0.39 is 9.85 Å². The maximum Gasteiger partial charge on any atom is 0.344 e. The van der Waals surface area contributed by atoms with Gasteiger partial charge in [-0.1, -0.05) is 0 Å². The smallest absolute Gasteiger partial charge is 0.314 e. The molecule has 0 unspecified atom stereocenters. The van der Waals surface area contributed by atoms with Crippen LogP contribution in [0.15, 0.2) is 0 Å². The first-order valence-electron chi connectivity index (χ1n) is 4.98. The molecule has 0 aromatic carbocycles. The van der Waals surface area contributed by atoms with Gasteiger partial charge in [-0.05, 0) is 45.2 Å². The Morgan fingerprint density at radius 1 is 1.00 bits per heavy atom. The van der Waals surface area contributed by atoms with E-state index in [-0.39, 0.29) is 37.1 Å². The first-order chi connectivity index (χ1) is 9.40. The van der Waals surface area contributed by atoms with Gasteiger partial charge in [0.25, 0.3) is 0 Å². The average Bonchev–Trinajstić information content (AvgIpc) is 2.79. The minimum atomic E-state index is -0.573. The molecule has 0 saturated carbocycles. The Hall–Kier alpha value is -1.52. The highest BCUT2D eigenvalue weighted by atomic mass is 127. The zero-order chi connectivity index (χ0) is 14.6. The predicted octanol–water partition coefficient (Wildman–Crippen LogP) is 1.67. The van der Waals surface area contributed by atoms with E-state index in [9.17, 15) is 20.2 Å². The highest BCUT2D eigenvalue weighted by Gasteiger charge is 2.36. The molecule has 0 aliphatic carbocycles. The molecule has 2 aromatic rings. The Morgan fingerprint density at radius 2 is 1.40 bits per heavy atom. The van der Waals surface area contributed by atoms with Crippen LogP contribution in [-0.2, 0) is 6.67 Å². The lowest BCUT2D eigenvalue weighted by Gasteiger charge is -2.15. The van der Waals surface area contributed by atoms with E-state index in [2.05, 4.69) is 15.5 Å². The van der Waals surface area contributed by atoms with Crippen LogP contribution in [0.4, 0.5) is 23.0 Å². The molecular formula is C7H3I2N7O4. The van der Waals surface area contributed by atoms with Crippen molar-refractivity contribution in [3.8, 4) is 0 Å². The Labute approximate surface area is 136 Å². The van der Waals surface area contributed by atoms with Crippen LogP contribution in [0.2, 0.25) is 0 Å². The van der Waals surface area contributed by atoms with Crippen molar-refractivity contribution in [3.63, 3.8) is 0 Å². The molecule has 2 aromatic heterocycles. The Morgan fingerprint density at radius 3 is 1.75 bits per heavy atom. The van der Waals surface area contributed by atoms with E-state index in [0.717, 1.165) is 0 Å². The van der Waals surface area contributed by atoms with Gasteiger partial charge in [-0.3, -0.25) is 20.2 Å². The number of fused-ring (bicyclic) bond motifs is 2. The van der Waals surface area contributed by atoms with Gasteiger partial charge in [0, 0.05) is 0 Å². The molecule has 1 aliphatic heterocycles. The lowest BCUT2D eigenvalue weighted by molar-refractivity contribution is -0.385. The third-order valence-electron chi connectivity index (χ3n) is 2.64. The van der Waals surface area contributed by atoms with Crippen LogP contribution in [0, 0.1) is 27.6 Å². The van der Waals surface area contributed by atoms with Gasteiger partial charge in [0.2, 0.25) is 19.0 Å². The number of nitro groups is 2. The summed E-state index contributed by atoms with van der Waals surface area (Å²) in [6, 6.07) is 0. The molecule has 1 aliphatic rings. The van der Waals surface area contributed by atoms with Gasteiger partial charge in [0.1, 0.15) is 6.67 Å². The number of hydrogen-bond donors (Lipinski definition) is 1. The van der Waals surface area contributed by atoms with E-state index in [4.69, 9.17) is 0 Å². The maximum atomic E-state index is 11.0. The monoisotopic (exact) mass is 503 g/mol. The normalized spacial score (nSPS) is 12.5. The van der Waals surface area contributed by atoms with Gasteiger partial charge in [0.15, 0.2) is 0 Å². The number of anilines is 2. The Kier molecular flexibility index (Phi) is 3.03. The fraction of sp³-hybridized carbons (Fsp3) is 0.143. The Bertz CT molecular complexity index is 704. The van der Waals surface area contributed by atoms with Crippen molar-refractivity contribution in [2.75, 3.05) is 5.32 Å². The lowest BCUT2D eigenvalue weighted by Crippen LogP contribution is -2.21. The number of nitrogens with one attached hydrogen (secondary N) is 1. The second-order valence-corrected chi connectivity index (χ2v) is 5.80. The quantitative estimate of drug-likeness (QED) is 0.320. The number of halogens is 2. The lowest BCUT2D eigenvalue weighted by atomic mass is 10.4. The molecule has 3 rings (SSSR count). The van der Waals surface area contributed by atoms with Gasteiger partial charge in [-0.2, -0.15) is 10.2 Å². The molecule has 104 valence electrons. The highest BCUT2D eigenvalue weighted by Crippen LogP contribution is 2.39. The van der Waals surface area contributed by atoms with Crippen LogP contribution >= 0.6 is 45.2 Å². The van der Waals surface area contributed by atoms with Crippen molar-refractivity contribution in [2.24, 2.45) is 0 Å². The molecule has 20 heavy (non-hydrogen) atoms. The van der Waals surface area contributed by atoms with Crippen molar-refractivity contribution in [1.29, 1.82) is 0 Å². The van der Waals surface area contributed by atoms with Crippen LogP contribution in [0.3, 0.4) is 0 Å². The topological polar surface area (TPSA) is 134 Å². The van der Waals surface area contributed by atoms with Crippen LogP contribution < -0.4 is 5.32 Å². The SMILES string of the molecule is O=[N+]([O-])c1c(I)nn2c1Nc1c([N+](=O)[O-])c(I)nn1C2. The van der Waals surface area contributed by atoms with Gasteiger partial charge < -0.3 is 5.32 Å². The molecule has 0 spiro atoms. The maximum absolute atomic E-state index is 11.0. The molecule has 11 nitrogen and oxygen atoms in total. The molecule has 1 N–H and O–H groups in total. The van der Waals surface area contributed by atoms with Crippen molar-refractivity contribution in [3.05, 3.63) is 27.6 Å². The summed E-state index contributed by atoms with van der Waals surface area (Å²) in [6.07, 6.45) is 0. The first-order valence-corrected chi connectivity index (χ1v) is 7.14. The summed E-state index contributed by atoms with van der Waals surface area (Å²) in [4.78, 5) is 20.9. The summed E-state index contributed by atoms with van der Waals surface area (Å²) in [5.41, 5.74) is -0.412. The van der Waals surface area contributed by atoms with Gasteiger partial charge >= 0.3 is 11.4 Å². The molecule has 3 heterocycles. The summed E-state index contributed by atoms with van der Waals surface area (Å²) < 4.78 is 3.11. The van der Waals surface area contributed by atoms with Gasteiger partial charge in [-0.25, -0.2) is 9.36 Å². The zero-order valence-electron chi connectivity index (χ0n) is 9.28. The van der Waals surface area contributed by atoms with E-state index >= 15 is 0 Å². The van der Waals surface area contributed by atoms with E-state index in [1.807, 2.05) is 0 Å². The van der Waals surface area contributed by atoms with Crippen LogP contribution in [0.25, 0.3) is 0 Å². The average molecular weight is 503 g/mol. The van der Waals surface area contributed by atoms with Crippen LogP contribution in [0.5, 0.6) is 0 Å². The van der Waals surface area contributed by atoms with Crippen molar-refractivity contribution in [2.45, 2.75) is 6.67 Å². The molecule has 0 atom stereocenters. The van der Waals surface area contributed by atoms with E-state index in [1.54, 1.807) is 45.2 Å². The van der Waals surface area contributed by atoms with Crippen molar-refractivity contribution >= 4 is 68.2 Å². The van der Waals surface area contributed by atoms with Gasteiger partial charge in [-0.15, -0.1) is 0 Å². The van der Waals surface area contributed by atoms with Crippen LogP contribution in [-0.4, -0.2) is 29.4 Å². The summed E-state index contributed by atoms with van der Waals surface area (Å²) in [5, 5.41) is 32.8. The molecule has 0 saturated heterocycles. The molecule has 0 fully saturated rings. The summed E-state index contributed by atoms with van der Waals surface area (Å²) >= 11 is 3.49. The Balaban J connectivity index is 2.18. The molecule has 0 amide bonds. The number of rotatable bonds is 2. The summed E-state index contributed by atoms with van der Waals surface area (Å²) in [7, 11) is 0. The van der Waals surface area contributed by atoms with Crippen molar-refractivity contribution < 1.29 is 9.85 Å². The summed E-state index contributed by atoms with van der Waals surface area (Å²) in [6.45, 7) is 0.0748. The minimum Gasteiger partial charge on any atom is -0.314 e. The predicted molar refractivity (Wildman–Crippen MR) is 81.9 cm³/mol. The van der Waals surface area contributed by atoms with Crippen LogP contribution in [0.1, 0.15) is 0 Å². The number of hydrogen-bond acceptors (Lipinski definition) is 7. The zero-order valence-corrected chi connectivity index (χ0v) is 13.6. The summed E-state index contributed by atoms with van der Waals surface area (Å²) in [5.74, 6) is 0.234. The largest absolute Gasteiger partial charge is 0.344 e. The highest BCUT2D eigenvalue weighted by molar-refractivity contribution is 14.1. The molecule has 0 bridgehead atoms. The van der Waals surface area contributed by atoms with Gasteiger partial charge in [0.05, 0.1) is 9.85 Å². The third-order valence-corrected chi connectivity index (χ3v) is 4.10. The van der Waals surface area contributed by atoms with Crippen molar-refractivity contribution in [1.82, 2.24) is 19.6 Å². The fourth-order valence-electron chi connectivity index (χ4n) is 1.86. The minimum absolute atomic E-state index is 0.0748. The fourth-order valence-corrected chi connectivity index (χ4v) is 3.29.